The fourth-order valence-electron chi connectivity index (χ4n) is 2.77. The van der Waals surface area contributed by atoms with Crippen LogP contribution in [0.15, 0.2) is 18.2 Å². The molecule has 2 amide bonds. The van der Waals surface area contributed by atoms with E-state index in [2.05, 4.69) is 5.32 Å². The molecule has 22 heavy (non-hydrogen) atoms. The average Bonchev–Trinajstić information content (AvgIpc) is 2.68. The zero-order valence-corrected chi connectivity index (χ0v) is 13.7. The Balaban J connectivity index is 2.04. The molecule has 1 atom stereocenters. The lowest BCUT2D eigenvalue weighted by Crippen LogP contribution is -2.44. The zero-order chi connectivity index (χ0) is 16.5. The average molecular weight is 327 g/mol. The Morgan fingerprint density at radius 2 is 2.18 bits per heavy atom. The molecular formula is C16H20ClFN2O2. The Morgan fingerprint density at radius 1 is 1.50 bits per heavy atom. The van der Waals surface area contributed by atoms with Gasteiger partial charge in [-0.1, -0.05) is 31.5 Å². The third-order valence-electron chi connectivity index (χ3n) is 4.03. The van der Waals surface area contributed by atoms with Crippen LogP contribution < -0.4 is 5.32 Å². The maximum atomic E-state index is 13.0. The molecule has 6 heteroatoms. The van der Waals surface area contributed by atoms with Crippen molar-refractivity contribution in [2.75, 3.05) is 6.54 Å². The van der Waals surface area contributed by atoms with Gasteiger partial charge in [-0.3, -0.25) is 9.59 Å². The fraction of sp³-hybridized carbons (Fsp3) is 0.500. The normalized spacial score (nSPS) is 20.3. The molecule has 0 spiro atoms. The molecule has 1 N–H and O–H groups in total. The van der Waals surface area contributed by atoms with Gasteiger partial charge in [0.05, 0.1) is 0 Å². The number of rotatable bonds is 4. The topological polar surface area (TPSA) is 49.4 Å². The molecular weight excluding hydrogens is 307 g/mol. The number of halogens is 2. The molecule has 1 saturated heterocycles. The molecule has 1 heterocycles. The molecule has 0 aliphatic carbocycles. The fourth-order valence-corrected chi connectivity index (χ4v) is 3.01. The van der Waals surface area contributed by atoms with Crippen molar-refractivity contribution < 1.29 is 14.0 Å². The number of nitrogens with one attached hydrogen (secondary N) is 1. The second kappa shape index (κ2) is 6.24. The van der Waals surface area contributed by atoms with Gasteiger partial charge < -0.3 is 10.2 Å². The summed E-state index contributed by atoms with van der Waals surface area (Å²) in [5.41, 5.74) is 0.119. The highest BCUT2D eigenvalue weighted by Gasteiger charge is 2.47. The van der Waals surface area contributed by atoms with E-state index in [-0.39, 0.29) is 23.4 Å². The molecule has 1 aromatic carbocycles. The minimum Gasteiger partial charge on any atom is -0.350 e. The highest BCUT2D eigenvalue weighted by atomic mass is 35.5. The lowest BCUT2D eigenvalue weighted by atomic mass is 9.89. The van der Waals surface area contributed by atoms with E-state index in [0.717, 1.165) is 0 Å². The van der Waals surface area contributed by atoms with Crippen molar-refractivity contribution in [2.24, 2.45) is 5.41 Å². The van der Waals surface area contributed by atoms with E-state index in [0.29, 0.717) is 18.5 Å². The molecule has 2 rings (SSSR count). The third-order valence-corrected chi connectivity index (χ3v) is 4.38. The first-order valence-electron chi connectivity index (χ1n) is 7.29. The van der Waals surface area contributed by atoms with Gasteiger partial charge in [-0.25, -0.2) is 4.39 Å². The first-order valence-corrected chi connectivity index (χ1v) is 7.66. The van der Waals surface area contributed by atoms with Crippen molar-refractivity contribution in [1.29, 1.82) is 0 Å². The van der Waals surface area contributed by atoms with Gasteiger partial charge >= 0.3 is 0 Å². The van der Waals surface area contributed by atoms with Crippen molar-refractivity contribution in [2.45, 2.75) is 39.8 Å². The van der Waals surface area contributed by atoms with Gasteiger partial charge in [0, 0.05) is 23.5 Å². The second-order valence-electron chi connectivity index (χ2n) is 6.15. The smallest absolute Gasteiger partial charge is 0.243 e. The van der Waals surface area contributed by atoms with Crippen LogP contribution in [0.1, 0.15) is 32.8 Å². The molecule has 1 fully saturated rings. The van der Waals surface area contributed by atoms with E-state index in [1.165, 1.54) is 12.1 Å². The molecule has 4 nitrogen and oxygen atoms in total. The van der Waals surface area contributed by atoms with Crippen LogP contribution in [-0.4, -0.2) is 29.3 Å². The number of nitrogens with zero attached hydrogens (tertiary/aromatic N) is 1. The third kappa shape index (κ3) is 3.24. The maximum Gasteiger partial charge on any atom is 0.243 e. The summed E-state index contributed by atoms with van der Waals surface area (Å²) in [4.78, 5) is 26.2. The van der Waals surface area contributed by atoms with Crippen LogP contribution in [-0.2, 0) is 16.1 Å². The van der Waals surface area contributed by atoms with Crippen LogP contribution in [0.4, 0.5) is 4.39 Å². The molecule has 0 aromatic heterocycles. The number of carbonyl (C=O) groups excluding carboxylic acids is 2. The second-order valence-corrected chi connectivity index (χ2v) is 6.56. The summed E-state index contributed by atoms with van der Waals surface area (Å²) in [5.74, 6) is -0.628. The van der Waals surface area contributed by atoms with Crippen LogP contribution >= 0.6 is 11.6 Å². The van der Waals surface area contributed by atoms with Gasteiger partial charge in [-0.2, -0.15) is 0 Å². The molecule has 0 bridgehead atoms. The monoisotopic (exact) mass is 326 g/mol. The van der Waals surface area contributed by atoms with Crippen LogP contribution in [0.5, 0.6) is 0 Å². The minimum absolute atomic E-state index is 0.00466. The molecule has 1 aliphatic rings. The first kappa shape index (κ1) is 16.7. The Hall–Kier alpha value is -1.62. The van der Waals surface area contributed by atoms with Crippen molar-refractivity contribution in [3.8, 4) is 0 Å². The number of amides is 2. The SMILES string of the molecule is CCN1C(=O)C(C)(C)C[C@H]1C(=O)NCc1ccc(F)cc1Cl. The van der Waals surface area contributed by atoms with Gasteiger partial charge in [-0.05, 0) is 31.0 Å². The summed E-state index contributed by atoms with van der Waals surface area (Å²) >= 11 is 5.94. The predicted octanol–water partition coefficient (Wildman–Crippen LogP) is 2.74. The van der Waals surface area contributed by atoms with Crippen molar-refractivity contribution >= 4 is 23.4 Å². The summed E-state index contributed by atoms with van der Waals surface area (Å²) in [6.45, 7) is 6.26. The largest absolute Gasteiger partial charge is 0.350 e. The quantitative estimate of drug-likeness (QED) is 0.925. The highest BCUT2D eigenvalue weighted by molar-refractivity contribution is 6.31. The standard InChI is InChI=1S/C16H20ClFN2O2/c1-4-20-13(8-16(2,3)15(20)22)14(21)19-9-10-5-6-11(18)7-12(10)17/h5-7,13H,4,8-9H2,1-3H3,(H,19,21)/t13-/m0/s1. The Labute approximate surface area is 134 Å². The van der Waals surface area contributed by atoms with Gasteiger partial charge in [0.1, 0.15) is 11.9 Å². The van der Waals surface area contributed by atoms with Crippen molar-refractivity contribution in [1.82, 2.24) is 10.2 Å². The lowest BCUT2D eigenvalue weighted by molar-refractivity contribution is -0.138. The van der Waals surface area contributed by atoms with Gasteiger partial charge in [-0.15, -0.1) is 0 Å². The van der Waals surface area contributed by atoms with Gasteiger partial charge in [0.25, 0.3) is 0 Å². The first-order chi connectivity index (χ1) is 10.3. The summed E-state index contributed by atoms with van der Waals surface area (Å²) in [5, 5.41) is 3.06. The molecule has 120 valence electrons. The summed E-state index contributed by atoms with van der Waals surface area (Å²) in [7, 11) is 0. The van der Waals surface area contributed by atoms with Gasteiger partial charge in [0.15, 0.2) is 0 Å². The van der Waals surface area contributed by atoms with E-state index in [9.17, 15) is 14.0 Å². The Kier molecular flexibility index (Phi) is 4.75. The predicted molar refractivity (Wildman–Crippen MR) is 82.8 cm³/mol. The number of benzene rings is 1. The van der Waals surface area contributed by atoms with E-state index in [4.69, 9.17) is 11.6 Å². The van der Waals surface area contributed by atoms with E-state index >= 15 is 0 Å². The van der Waals surface area contributed by atoms with E-state index in [1.807, 2.05) is 20.8 Å². The number of likely N-dealkylation sites (tertiary alicyclic amines) is 1. The number of likely N-dealkylation sites (N-methyl/N-ethyl adjacent to an activating group) is 1. The molecule has 1 aliphatic heterocycles. The highest BCUT2D eigenvalue weighted by Crippen LogP contribution is 2.35. The number of hydrogen-bond donors (Lipinski definition) is 1. The van der Waals surface area contributed by atoms with E-state index in [1.54, 1.807) is 11.0 Å². The van der Waals surface area contributed by atoms with Gasteiger partial charge in [0.2, 0.25) is 11.8 Å². The lowest BCUT2D eigenvalue weighted by Gasteiger charge is -2.22. The van der Waals surface area contributed by atoms with Crippen LogP contribution in [0.2, 0.25) is 5.02 Å². The summed E-state index contributed by atoms with van der Waals surface area (Å²) in [6.07, 6.45) is 0.489. The molecule has 0 unspecified atom stereocenters. The van der Waals surface area contributed by atoms with Crippen molar-refractivity contribution in [3.05, 3.63) is 34.6 Å². The number of hydrogen-bond acceptors (Lipinski definition) is 2. The van der Waals surface area contributed by atoms with Crippen LogP contribution in [0.3, 0.4) is 0 Å². The maximum absolute atomic E-state index is 13.0. The molecule has 1 aromatic rings. The summed E-state index contributed by atoms with van der Waals surface area (Å²) in [6, 6.07) is 3.59. The minimum atomic E-state index is -0.522. The Bertz CT molecular complexity index is 604. The molecule has 0 saturated carbocycles. The summed E-state index contributed by atoms with van der Waals surface area (Å²) < 4.78 is 13.0. The number of carbonyl (C=O) groups is 2. The van der Waals surface area contributed by atoms with E-state index < -0.39 is 17.3 Å². The molecule has 0 radical (unpaired) electrons. The van der Waals surface area contributed by atoms with Crippen LogP contribution in [0.25, 0.3) is 0 Å². The van der Waals surface area contributed by atoms with Crippen LogP contribution in [0, 0.1) is 11.2 Å². The zero-order valence-electron chi connectivity index (χ0n) is 13.0. The van der Waals surface area contributed by atoms with Crippen molar-refractivity contribution in [3.63, 3.8) is 0 Å². The Morgan fingerprint density at radius 3 is 2.77 bits per heavy atom.